The number of benzene rings is 3. The molecule has 0 saturated heterocycles. The van der Waals surface area contributed by atoms with Crippen LogP contribution < -0.4 is 14.2 Å². The molecule has 0 radical (unpaired) electrons. The lowest BCUT2D eigenvalue weighted by atomic mass is 10.0. The molecule has 0 amide bonds. The Labute approximate surface area is 210 Å². The van der Waals surface area contributed by atoms with Crippen LogP contribution in [-0.4, -0.2) is 22.8 Å². The molecular weight excluding hydrogens is 521 g/mol. The van der Waals surface area contributed by atoms with Gasteiger partial charge in [0.1, 0.15) is 11.5 Å². The Morgan fingerprint density at radius 3 is 2.16 bits per heavy atom. The lowest BCUT2D eigenvalue weighted by molar-refractivity contribution is -0.384. The molecule has 1 aliphatic heterocycles. The maximum Gasteiger partial charge on any atom is 0.352 e. The first kappa shape index (κ1) is 26.3. The second-order valence-corrected chi connectivity index (χ2v) is 7.98. The van der Waals surface area contributed by atoms with Crippen molar-refractivity contribution in [3.63, 3.8) is 0 Å². The second-order valence-electron chi connectivity index (χ2n) is 7.98. The molecule has 196 valence electrons. The Bertz CT molecular complexity index is 1510. The molecule has 1 aliphatic rings. The number of carbonyl (C=O) groups is 2. The first-order valence-corrected chi connectivity index (χ1v) is 10.6. The zero-order valence-electron chi connectivity index (χ0n) is 19.3. The minimum Gasteiger partial charge on any atom is -0.473 e. The molecule has 0 bridgehead atoms. The number of halogens is 5. The van der Waals surface area contributed by atoms with E-state index < -0.39 is 57.6 Å². The predicted molar refractivity (Wildman–Crippen MR) is 119 cm³/mol. The van der Waals surface area contributed by atoms with Crippen LogP contribution in [0.25, 0.3) is 6.08 Å². The van der Waals surface area contributed by atoms with Crippen molar-refractivity contribution in [1.82, 2.24) is 0 Å². The summed E-state index contributed by atoms with van der Waals surface area (Å²) in [6.07, 6.45) is -0.450. The quantitative estimate of drug-likeness (QED) is 0.0593. The van der Waals surface area contributed by atoms with Crippen molar-refractivity contribution in [2.24, 2.45) is 0 Å². The number of Topliss-reactive ketones (excluding diaryl/α,β-unsaturated/α-hetero) is 1. The van der Waals surface area contributed by atoms with Gasteiger partial charge in [0.05, 0.1) is 10.5 Å². The zero-order chi connectivity index (χ0) is 27.9. The third-order valence-corrected chi connectivity index (χ3v) is 5.36. The van der Waals surface area contributed by atoms with Crippen molar-refractivity contribution in [3.05, 3.63) is 98.0 Å². The molecule has 38 heavy (non-hydrogen) atoms. The van der Waals surface area contributed by atoms with E-state index in [0.717, 1.165) is 6.92 Å². The summed E-state index contributed by atoms with van der Waals surface area (Å²) >= 11 is 0. The van der Waals surface area contributed by atoms with Gasteiger partial charge in [0, 0.05) is 18.2 Å². The monoisotopic (exact) mass is 535 g/mol. The van der Waals surface area contributed by atoms with Gasteiger partial charge in [-0.25, -0.2) is 18.0 Å². The predicted octanol–water partition coefficient (Wildman–Crippen LogP) is 5.59. The number of hydrogen-bond donors (Lipinski definition) is 0. The van der Waals surface area contributed by atoms with Gasteiger partial charge in [-0.15, -0.1) is 0 Å². The van der Waals surface area contributed by atoms with Crippen molar-refractivity contribution in [2.75, 3.05) is 0 Å². The third kappa shape index (κ3) is 4.77. The minimum atomic E-state index is -2.38. The fourth-order valence-corrected chi connectivity index (χ4v) is 3.49. The molecule has 0 spiro atoms. The number of fused-ring (bicyclic) bond motifs is 1. The number of esters is 1. The molecule has 3 aromatic carbocycles. The summed E-state index contributed by atoms with van der Waals surface area (Å²) in [6.45, 7) is 2.48. The van der Waals surface area contributed by atoms with Gasteiger partial charge in [0.2, 0.25) is 34.9 Å². The van der Waals surface area contributed by atoms with E-state index in [2.05, 4.69) is 4.74 Å². The van der Waals surface area contributed by atoms with Crippen molar-refractivity contribution in [3.8, 4) is 17.2 Å². The molecule has 0 N–H and O–H groups in total. The van der Waals surface area contributed by atoms with E-state index in [1.54, 1.807) is 0 Å². The number of allylic oxidation sites excluding steroid dienone is 1. The van der Waals surface area contributed by atoms with E-state index >= 15 is 0 Å². The van der Waals surface area contributed by atoms with Gasteiger partial charge in [-0.05, 0) is 49.2 Å². The SMILES string of the molecule is Cc1cc(OC(=O)C(C)Oc2c(F)c(F)c(F)c(F)c2F)cc2c1C(=O)/C(=C/c1ccc([N+](=O)[O-])cc1)O2. The van der Waals surface area contributed by atoms with Crippen LogP contribution in [0.4, 0.5) is 27.6 Å². The standard InChI is InChI=1S/C25H14F5NO7/c1-10-7-14(37-25(33)11(2)36-24-21(29)19(27)18(26)20(28)22(24)30)9-15-17(10)23(32)16(38-15)8-12-3-5-13(6-4-12)31(34)35/h3-9,11H,1-2H3/b16-8-. The molecule has 1 atom stereocenters. The Morgan fingerprint density at radius 2 is 1.58 bits per heavy atom. The van der Waals surface area contributed by atoms with Gasteiger partial charge in [-0.3, -0.25) is 14.9 Å². The number of non-ortho nitro benzene ring substituents is 1. The van der Waals surface area contributed by atoms with Crippen molar-refractivity contribution < 1.29 is 50.7 Å². The number of hydrogen-bond acceptors (Lipinski definition) is 7. The summed E-state index contributed by atoms with van der Waals surface area (Å²) in [5, 5.41) is 10.8. The van der Waals surface area contributed by atoms with E-state index in [0.29, 0.717) is 11.1 Å². The largest absolute Gasteiger partial charge is 0.473 e. The molecule has 4 rings (SSSR count). The summed E-state index contributed by atoms with van der Waals surface area (Å²) in [4.78, 5) is 35.4. The molecule has 0 aromatic heterocycles. The van der Waals surface area contributed by atoms with E-state index in [9.17, 15) is 41.7 Å². The Morgan fingerprint density at radius 1 is 1.00 bits per heavy atom. The topological polar surface area (TPSA) is 105 Å². The molecule has 0 fully saturated rings. The van der Waals surface area contributed by atoms with Crippen molar-refractivity contribution in [1.29, 1.82) is 0 Å². The number of ether oxygens (including phenoxy) is 3. The molecule has 3 aromatic rings. The fourth-order valence-electron chi connectivity index (χ4n) is 3.49. The summed E-state index contributed by atoms with van der Waals surface area (Å²) < 4.78 is 83.0. The molecule has 13 heteroatoms. The van der Waals surface area contributed by atoms with Crippen LogP contribution >= 0.6 is 0 Å². The Hall–Kier alpha value is -4.81. The summed E-state index contributed by atoms with van der Waals surface area (Å²) in [7, 11) is 0. The van der Waals surface area contributed by atoms with Gasteiger partial charge >= 0.3 is 5.97 Å². The first-order valence-electron chi connectivity index (χ1n) is 10.6. The molecule has 8 nitrogen and oxygen atoms in total. The Balaban J connectivity index is 1.52. The average molecular weight is 535 g/mol. The van der Waals surface area contributed by atoms with E-state index in [1.807, 2.05) is 0 Å². The van der Waals surface area contributed by atoms with Crippen LogP contribution in [0, 0.1) is 46.1 Å². The van der Waals surface area contributed by atoms with E-state index in [4.69, 9.17) is 9.47 Å². The van der Waals surface area contributed by atoms with Crippen LogP contribution in [0.1, 0.15) is 28.4 Å². The normalized spacial score (nSPS) is 14.2. The van der Waals surface area contributed by atoms with Gasteiger partial charge in [-0.2, -0.15) is 8.78 Å². The summed E-state index contributed by atoms with van der Waals surface area (Å²) in [5.74, 6) is -15.0. The number of carbonyl (C=O) groups excluding carboxylic acids is 2. The average Bonchev–Trinajstić information content (AvgIpc) is 3.19. The molecule has 1 heterocycles. The highest BCUT2D eigenvalue weighted by atomic mass is 19.2. The zero-order valence-corrected chi connectivity index (χ0v) is 19.3. The van der Waals surface area contributed by atoms with E-state index in [-0.39, 0.29) is 28.5 Å². The lowest BCUT2D eigenvalue weighted by Gasteiger charge is -2.16. The summed E-state index contributed by atoms with van der Waals surface area (Å²) in [6, 6.07) is 7.79. The van der Waals surface area contributed by atoms with Crippen LogP contribution in [0.5, 0.6) is 17.2 Å². The summed E-state index contributed by atoms with van der Waals surface area (Å²) in [5.41, 5.74) is 0.782. The van der Waals surface area contributed by atoms with Crippen LogP contribution in [0.15, 0.2) is 42.2 Å². The number of nitro benzene ring substituents is 1. The maximum atomic E-state index is 13.9. The van der Waals surface area contributed by atoms with Crippen molar-refractivity contribution >= 4 is 23.5 Å². The van der Waals surface area contributed by atoms with Crippen LogP contribution in [0.2, 0.25) is 0 Å². The van der Waals surface area contributed by atoms with Gasteiger partial charge in [0.25, 0.3) is 5.69 Å². The highest BCUT2D eigenvalue weighted by Gasteiger charge is 2.32. The number of nitro groups is 1. The van der Waals surface area contributed by atoms with E-state index in [1.165, 1.54) is 49.4 Å². The van der Waals surface area contributed by atoms with Gasteiger partial charge in [0.15, 0.2) is 17.6 Å². The fraction of sp³-hybridized carbons (Fsp3) is 0.120. The second kappa shape index (κ2) is 9.92. The highest BCUT2D eigenvalue weighted by molar-refractivity contribution is 6.15. The van der Waals surface area contributed by atoms with Gasteiger partial charge in [-0.1, -0.05) is 0 Å². The number of ketones is 1. The molecule has 0 aliphatic carbocycles. The van der Waals surface area contributed by atoms with Crippen molar-refractivity contribution in [2.45, 2.75) is 20.0 Å². The molecular formula is C25H14F5NO7. The molecule has 1 unspecified atom stereocenters. The first-order chi connectivity index (χ1) is 17.9. The van der Waals surface area contributed by atoms with Crippen LogP contribution in [0.3, 0.4) is 0 Å². The Kier molecular flexibility index (Phi) is 6.85. The van der Waals surface area contributed by atoms with Crippen LogP contribution in [-0.2, 0) is 4.79 Å². The smallest absolute Gasteiger partial charge is 0.352 e. The molecule has 0 saturated carbocycles. The van der Waals surface area contributed by atoms with Gasteiger partial charge < -0.3 is 14.2 Å². The maximum absolute atomic E-state index is 13.9. The highest BCUT2D eigenvalue weighted by Crippen LogP contribution is 2.38. The third-order valence-electron chi connectivity index (χ3n) is 5.36. The number of nitrogens with zero attached hydrogens (tertiary/aromatic N) is 1. The minimum absolute atomic E-state index is 0.0132. The number of aryl methyl sites for hydroxylation is 1. The number of rotatable bonds is 6. The lowest BCUT2D eigenvalue weighted by Crippen LogP contribution is -2.29.